The molecule has 0 unspecified atom stereocenters. The molecule has 0 aliphatic heterocycles. The average Bonchev–Trinajstić information content (AvgIpc) is 3.36. The minimum atomic E-state index is -3.14. The summed E-state index contributed by atoms with van der Waals surface area (Å²) >= 11 is 6.02. The van der Waals surface area contributed by atoms with E-state index in [1.165, 1.54) is 0 Å². The van der Waals surface area contributed by atoms with Crippen molar-refractivity contribution in [3.8, 4) is 17.3 Å². The van der Waals surface area contributed by atoms with Crippen LogP contribution in [0.15, 0.2) is 59.3 Å². The van der Waals surface area contributed by atoms with Gasteiger partial charge in [-0.15, -0.1) is 0 Å². The van der Waals surface area contributed by atoms with Gasteiger partial charge in [-0.05, 0) is 24.3 Å². The molecular weight excluding hydrogens is 452 g/mol. The number of benzene rings is 2. The number of hydrogen-bond donors (Lipinski definition) is 1. The number of carbonyl (C=O) groups is 1. The molecular formula is C22H21ClN4O4S. The molecule has 0 fully saturated rings. The van der Waals surface area contributed by atoms with Crippen LogP contribution in [0.1, 0.15) is 12.2 Å². The van der Waals surface area contributed by atoms with Gasteiger partial charge in [0.1, 0.15) is 27.6 Å². The Labute approximate surface area is 190 Å². The maximum atomic E-state index is 12.2. The monoisotopic (exact) mass is 472 g/mol. The number of nitrogens with one attached hydrogen (secondary N) is 1. The molecule has 2 heterocycles. The van der Waals surface area contributed by atoms with E-state index in [1.807, 2.05) is 36.4 Å². The van der Waals surface area contributed by atoms with Gasteiger partial charge in [-0.25, -0.2) is 13.4 Å². The largest absolute Gasteiger partial charge is 0.427 e. The Morgan fingerprint density at radius 2 is 1.91 bits per heavy atom. The first-order valence-corrected chi connectivity index (χ1v) is 12.4. The molecule has 0 aliphatic rings. The molecule has 1 amide bonds. The quantitative estimate of drug-likeness (QED) is 0.421. The molecule has 0 saturated carbocycles. The normalized spacial score (nSPS) is 11.7. The fourth-order valence-corrected chi connectivity index (χ4v) is 3.85. The highest BCUT2D eigenvalue weighted by atomic mass is 35.5. The van der Waals surface area contributed by atoms with Crippen LogP contribution in [0.2, 0.25) is 5.02 Å². The summed E-state index contributed by atoms with van der Waals surface area (Å²) in [7, 11) is -3.14. The molecule has 0 atom stereocenters. The average molecular weight is 473 g/mol. The number of aromatic nitrogens is 3. The van der Waals surface area contributed by atoms with Gasteiger partial charge >= 0.3 is 6.01 Å². The second-order valence-electron chi connectivity index (χ2n) is 7.36. The van der Waals surface area contributed by atoms with Gasteiger partial charge in [0.2, 0.25) is 5.91 Å². The minimum absolute atomic E-state index is 0.0738. The zero-order valence-electron chi connectivity index (χ0n) is 17.3. The van der Waals surface area contributed by atoms with E-state index in [0.29, 0.717) is 28.9 Å². The molecule has 4 aromatic rings. The number of oxazole rings is 1. The third-order valence-electron chi connectivity index (χ3n) is 4.84. The summed E-state index contributed by atoms with van der Waals surface area (Å²) in [4.78, 5) is 21.3. The van der Waals surface area contributed by atoms with Gasteiger partial charge in [0, 0.05) is 36.2 Å². The molecule has 0 aliphatic carbocycles. The van der Waals surface area contributed by atoms with Crippen LogP contribution < -0.4 is 5.32 Å². The Balaban J connectivity index is 1.60. The van der Waals surface area contributed by atoms with Crippen molar-refractivity contribution in [1.29, 1.82) is 0 Å². The molecule has 0 bridgehead atoms. The fraction of sp³-hybridized carbons (Fsp3) is 0.227. The molecule has 10 heteroatoms. The first kappa shape index (κ1) is 22.0. The molecule has 0 saturated heterocycles. The fourth-order valence-electron chi connectivity index (χ4n) is 3.25. The number of carbonyl (C=O) groups excluding carboxylic acids is 1. The van der Waals surface area contributed by atoms with Crippen LogP contribution in [0, 0.1) is 0 Å². The molecule has 166 valence electrons. The lowest BCUT2D eigenvalue weighted by atomic mass is 10.1. The van der Waals surface area contributed by atoms with Crippen molar-refractivity contribution in [3.05, 3.63) is 65.6 Å². The van der Waals surface area contributed by atoms with E-state index < -0.39 is 9.84 Å². The first-order valence-electron chi connectivity index (χ1n) is 9.93. The van der Waals surface area contributed by atoms with Gasteiger partial charge in [0.05, 0.1) is 16.8 Å². The standard InChI is InChI=1S/C22H21ClN4O4S/c1-32(29,30)13-12-24-20(28)11-10-19-21(15-6-8-16(23)9-7-15)26-22(31-19)27-14-25-17-4-2-3-5-18(17)27/h2-9,14H,10-13H2,1H3,(H,24,28). The van der Waals surface area contributed by atoms with Crippen LogP contribution in [0.25, 0.3) is 28.3 Å². The van der Waals surface area contributed by atoms with Crippen molar-refractivity contribution >= 4 is 38.4 Å². The summed E-state index contributed by atoms with van der Waals surface area (Å²) in [5.41, 5.74) is 3.08. The molecule has 2 aromatic carbocycles. The highest BCUT2D eigenvalue weighted by Crippen LogP contribution is 2.29. The van der Waals surface area contributed by atoms with E-state index in [-0.39, 0.29) is 24.6 Å². The number of sulfone groups is 1. The van der Waals surface area contributed by atoms with E-state index in [4.69, 9.17) is 16.0 Å². The van der Waals surface area contributed by atoms with Crippen molar-refractivity contribution in [2.24, 2.45) is 0 Å². The zero-order chi connectivity index (χ0) is 22.7. The van der Waals surface area contributed by atoms with Crippen LogP contribution in [0.5, 0.6) is 0 Å². The Kier molecular flexibility index (Phi) is 6.29. The SMILES string of the molecule is CS(=O)(=O)CCNC(=O)CCc1oc(-n2cnc3ccccc32)nc1-c1ccc(Cl)cc1. The van der Waals surface area contributed by atoms with Crippen molar-refractivity contribution in [2.75, 3.05) is 18.6 Å². The number of fused-ring (bicyclic) bond motifs is 1. The van der Waals surface area contributed by atoms with Crippen molar-refractivity contribution in [3.63, 3.8) is 0 Å². The molecule has 0 spiro atoms. The van der Waals surface area contributed by atoms with Crippen LogP contribution in [-0.2, 0) is 21.1 Å². The number of amides is 1. The summed E-state index contributed by atoms with van der Waals surface area (Å²) in [5.74, 6) is 0.176. The van der Waals surface area contributed by atoms with Crippen molar-refractivity contribution in [1.82, 2.24) is 19.9 Å². The van der Waals surface area contributed by atoms with Gasteiger partial charge in [0.15, 0.2) is 0 Å². The lowest BCUT2D eigenvalue weighted by Crippen LogP contribution is -2.28. The van der Waals surface area contributed by atoms with Gasteiger partial charge < -0.3 is 9.73 Å². The van der Waals surface area contributed by atoms with Gasteiger partial charge in [-0.1, -0.05) is 35.9 Å². The Bertz CT molecular complexity index is 1360. The van der Waals surface area contributed by atoms with E-state index in [1.54, 1.807) is 23.0 Å². The summed E-state index contributed by atoms with van der Waals surface area (Å²) in [6.45, 7) is 0.0738. The molecule has 1 N–H and O–H groups in total. The lowest BCUT2D eigenvalue weighted by molar-refractivity contribution is -0.121. The van der Waals surface area contributed by atoms with E-state index in [9.17, 15) is 13.2 Å². The van der Waals surface area contributed by atoms with E-state index in [2.05, 4.69) is 15.3 Å². The summed E-state index contributed by atoms with van der Waals surface area (Å²) in [5, 5.41) is 3.22. The molecule has 0 radical (unpaired) electrons. The number of aryl methyl sites for hydroxylation is 1. The molecule has 2 aromatic heterocycles. The molecule has 8 nitrogen and oxygen atoms in total. The zero-order valence-corrected chi connectivity index (χ0v) is 18.9. The number of imidazole rings is 1. The smallest absolute Gasteiger partial charge is 0.308 e. The second-order valence-corrected chi connectivity index (χ2v) is 10.1. The summed E-state index contributed by atoms with van der Waals surface area (Å²) in [6, 6.07) is 15.2. The number of hydrogen-bond acceptors (Lipinski definition) is 6. The lowest BCUT2D eigenvalue weighted by Gasteiger charge is -2.04. The predicted molar refractivity (Wildman–Crippen MR) is 123 cm³/mol. The Hall–Kier alpha value is -3.17. The first-order chi connectivity index (χ1) is 15.3. The number of nitrogens with zero attached hydrogens (tertiary/aromatic N) is 3. The third kappa shape index (κ3) is 5.17. The third-order valence-corrected chi connectivity index (χ3v) is 6.04. The van der Waals surface area contributed by atoms with E-state index in [0.717, 1.165) is 22.9 Å². The van der Waals surface area contributed by atoms with Crippen molar-refractivity contribution in [2.45, 2.75) is 12.8 Å². The highest BCUT2D eigenvalue weighted by molar-refractivity contribution is 7.90. The van der Waals surface area contributed by atoms with Crippen LogP contribution in [0.3, 0.4) is 0 Å². The van der Waals surface area contributed by atoms with Crippen molar-refractivity contribution < 1.29 is 17.6 Å². The number of rotatable bonds is 8. The number of halogens is 1. The Morgan fingerprint density at radius 3 is 2.66 bits per heavy atom. The maximum Gasteiger partial charge on any atom is 0.308 e. The van der Waals surface area contributed by atoms with Gasteiger partial charge in [0.25, 0.3) is 0 Å². The van der Waals surface area contributed by atoms with Gasteiger partial charge in [-0.3, -0.25) is 9.36 Å². The number of para-hydroxylation sites is 2. The Morgan fingerprint density at radius 1 is 1.16 bits per heavy atom. The van der Waals surface area contributed by atoms with E-state index >= 15 is 0 Å². The maximum absolute atomic E-state index is 12.2. The van der Waals surface area contributed by atoms with Crippen LogP contribution >= 0.6 is 11.6 Å². The minimum Gasteiger partial charge on any atom is -0.427 e. The van der Waals surface area contributed by atoms with Crippen LogP contribution in [0.4, 0.5) is 0 Å². The highest BCUT2D eigenvalue weighted by Gasteiger charge is 2.19. The van der Waals surface area contributed by atoms with Gasteiger partial charge in [-0.2, -0.15) is 4.98 Å². The predicted octanol–water partition coefficient (Wildman–Crippen LogP) is 3.43. The molecule has 32 heavy (non-hydrogen) atoms. The second kappa shape index (κ2) is 9.13. The van der Waals surface area contributed by atoms with Crippen LogP contribution in [-0.4, -0.2) is 47.4 Å². The molecule has 4 rings (SSSR count). The summed E-state index contributed by atoms with van der Waals surface area (Å²) < 4.78 is 30.3. The topological polar surface area (TPSA) is 107 Å². The summed E-state index contributed by atoms with van der Waals surface area (Å²) in [6.07, 6.45) is 3.20.